The van der Waals surface area contributed by atoms with E-state index >= 15 is 0 Å². The summed E-state index contributed by atoms with van der Waals surface area (Å²) in [6.45, 7) is 1.98. The molecule has 0 aliphatic heterocycles. The lowest BCUT2D eigenvalue weighted by molar-refractivity contribution is 0.602. The van der Waals surface area contributed by atoms with Gasteiger partial charge in [-0.15, -0.1) is 0 Å². The Labute approximate surface area is 125 Å². The van der Waals surface area contributed by atoms with Crippen LogP contribution >= 0.6 is 27.7 Å². The Bertz CT molecular complexity index is 697. The molecule has 2 rings (SSSR count). The van der Waals surface area contributed by atoms with Crippen LogP contribution in [0.15, 0.2) is 55.8 Å². The van der Waals surface area contributed by atoms with Gasteiger partial charge in [-0.3, -0.25) is 0 Å². The summed E-state index contributed by atoms with van der Waals surface area (Å²) in [5.74, 6) is 0. The van der Waals surface area contributed by atoms with Crippen LogP contribution in [0.3, 0.4) is 0 Å². The molecule has 0 spiro atoms. The van der Waals surface area contributed by atoms with Gasteiger partial charge in [0.05, 0.1) is 9.37 Å². The highest BCUT2D eigenvalue weighted by Gasteiger charge is 2.08. The molecule has 0 aliphatic rings. The molecular formula is C13H12BrNO2S2. The zero-order chi connectivity index (χ0) is 14.0. The number of pyridine rings is 1. The zero-order valence-corrected chi connectivity index (χ0v) is 13.6. The summed E-state index contributed by atoms with van der Waals surface area (Å²) in [5.41, 5.74) is 1.09. The lowest BCUT2D eigenvalue weighted by Crippen LogP contribution is -1.96. The predicted molar refractivity (Wildman–Crippen MR) is 80.3 cm³/mol. The van der Waals surface area contributed by atoms with Crippen molar-refractivity contribution >= 4 is 37.5 Å². The highest BCUT2D eigenvalue weighted by atomic mass is 79.9. The first kappa shape index (κ1) is 14.6. The van der Waals surface area contributed by atoms with E-state index in [0.29, 0.717) is 4.90 Å². The first-order chi connectivity index (χ1) is 8.86. The fourth-order valence-electron chi connectivity index (χ4n) is 1.46. The van der Waals surface area contributed by atoms with E-state index in [-0.39, 0.29) is 0 Å². The van der Waals surface area contributed by atoms with E-state index in [1.807, 2.05) is 13.0 Å². The van der Waals surface area contributed by atoms with Gasteiger partial charge in [0.15, 0.2) is 9.84 Å². The standard InChI is InChI=1S/C13H12BrNO2S2/c1-9-7-12(14)13(15-8-9)18-10-3-5-11(6-4-10)19(2,16)17/h3-8H,1-2H3. The van der Waals surface area contributed by atoms with Crippen LogP contribution in [0.2, 0.25) is 0 Å². The van der Waals surface area contributed by atoms with Gasteiger partial charge in [0.25, 0.3) is 0 Å². The summed E-state index contributed by atoms with van der Waals surface area (Å²) in [5, 5.41) is 0.859. The highest BCUT2D eigenvalue weighted by molar-refractivity contribution is 9.10. The molecule has 19 heavy (non-hydrogen) atoms. The van der Waals surface area contributed by atoms with Crippen LogP contribution in [0.25, 0.3) is 0 Å². The van der Waals surface area contributed by atoms with Crippen LogP contribution < -0.4 is 0 Å². The van der Waals surface area contributed by atoms with E-state index in [4.69, 9.17) is 0 Å². The SMILES string of the molecule is Cc1cnc(Sc2ccc(S(C)(=O)=O)cc2)c(Br)c1. The largest absolute Gasteiger partial charge is 0.248 e. The molecule has 2 aromatic rings. The van der Waals surface area contributed by atoms with Crippen molar-refractivity contribution in [1.29, 1.82) is 0 Å². The molecule has 0 aliphatic carbocycles. The number of hydrogen-bond acceptors (Lipinski definition) is 4. The summed E-state index contributed by atoms with van der Waals surface area (Å²) in [6.07, 6.45) is 3.01. The van der Waals surface area contributed by atoms with Gasteiger partial charge in [-0.25, -0.2) is 13.4 Å². The van der Waals surface area contributed by atoms with Crippen molar-refractivity contribution in [2.75, 3.05) is 6.26 Å². The maximum Gasteiger partial charge on any atom is 0.175 e. The first-order valence-electron chi connectivity index (χ1n) is 5.46. The van der Waals surface area contributed by atoms with Crippen molar-refractivity contribution in [2.45, 2.75) is 21.7 Å². The first-order valence-corrected chi connectivity index (χ1v) is 8.96. The third kappa shape index (κ3) is 3.81. The Hall–Kier alpha value is -0.850. The molecule has 0 radical (unpaired) electrons. The van der Waals surface area contributed by atoms with Crippen LogP contribution in [-0.4, -0.2) is 19.7 Å². The summed E-state index contributed by atoms with van der Waals surface area (Å²) in [7, 11) is -3.14. The Morgan fingerprint density at radius 3 is 2.37 bits per heavy atom. The quantitative estimate of drug-likeness (QED) is 0.839. The summed E-state index contributed by atoms with van der Waals surface area (Å²) in [4.78, 5) is 5.62. The molecule has 0 saturated heterocycles. The average Bonchev–Trinajstić information content (AvgIpc) is 2.32. The van der Waals surface area contributed by atoms with E-state index < -0.39 is 9.84 Å². The van der Waals surface area contributed by atoms with E-state index in [1.165, 1.54) is 18.0 Å². The number of sulfone groups is 1. The smallest absolute Gasteiger partial charge is 0.175 e. The van der Waals surface area contributed by atoms with Crippen molar-refractivity contribution < 1.29 is 8.42 Å². The number of rotatable bonds is 3. The number of halogens is 1. The molecule has 0 atom stereocenters. The second-order valence-electron chi connectivity index (χ2n) is 4.15. The minimum atomic E-state index is -3.14. The normalized spacial score (nSPS) is 11.5. The van der Waals surface area contributed by atoms with Gasteiger partial charge >= 0.3 is 0 Å². The van der Waals surface area contributed by atoms with Crippen molar-refractivity contribution in [2.24, 2.45) is 0 Å². The van der Waals surface area contributed by atoms with Crippen molar-refractivity contribution in [3.8, 4) is 0 Å². The molecule has 1 aromatic carbocycles. The Kier molecular flexibility index (Phi) is 4.32. The minimum absolute atomic E-state index is 0.327. The average molecular weight is 358 g/mol. The molecule has 6 heteroatoms. The molecule has 0 N–H and O–H groups in total. The summed E-state index contributed by atoms with van der Waals surface area (Å²) in [6, 6.07) is 8.80. The van der Waals surface area contributed by atoms with Gasteiger partial charge in [-0.05, 0) is 58.7 Å². The van der Waals surface area contributed by atoms with Crippen LogP contribution in [0, 0.1) is 6.92 Å². The Morgan fingerprint density at radius 1 is 1.21 bits per heavy atom. The Morgan fingerprint density at radius 2 is 1.84 bits per heavy atom. The molecule has 0 bridgehead atoms. The van der Waals surface area contributed by atoms with Gasteiger partial charge in [0.1, 0.15) is 5.03 Å². The van der Waals surface area contributed by atoms with Gasteiger partial charge < -0.3 is 0 Å². The predicted octanol–water partition coefficient (Wildman–Crippen LogP) is 3.71. The third-order valence-electron chi connectivity index (χ3n) is 2.41. The second-order valence-corrected chi connectivity index (χ2v) is 8.08. The summed E-state index contributed by atoms with van der Waals surface area (Å²) >= 11 is 4.96. The maximum atomic E-state index is 11.4. The topological polar surface area (TPSA) is 47.0 Å². The van der Waals surface area contributed by atoms with Gasteiger partial charge in [0.2, 0.25) is 0 Å². The van der Waals surface area contributed by atoms with E-state index in [0.717, 1.165) is 20.0 Å². The number of hydrogen-bond donors (Lipinski definition) is 0. The van der Waals surface area contributed by atoms with Crippen molar-refractivity contribution in [3.05, 3.63) is 46.6 Å². The fraction of sp³-hybridized carbons (Fsp3) is 0.154. The molecule has 0 fully saturated rings. The maximum absolute atomic E-state index is 11.4. The lowest BCUT2D eigenvalue weighted by atomic mass is 10.3. The fourth-order valence-corrected chi connectivity index (χ4v) is 3.56. The molecule has 3 nitrogen and oxygen atoms in total. The van der Waals surface area contributed by atoms with Gasteiger partial charge in [-0.1, -0.05) is 11.8 Å². The molecule has 100 valence electrons. The second kappa shape index (κ2) is 5.64. The van der Waals surface area contributed by atoms with Crippen LogP contribution in [-0.2, 0) is 9.84 Å². The van der Waals surface area contributed by atoms with Crippen LogP contribution in [0.1, 0.15) is 5.56 Å². The van der Waals surface area contributed by atoms with E-state index in [9.17, 15) is 8.42 Å². The molecule has 0 amide bonds. The number of benzene rings is 1. The van der Waals surface area contributed by atoms with Gasteiger partial charge in [-0.2, -0.15) is 0 Å². The van der Waals surface area contributed by atoms with Crippen LogP contribution in [0.4, 0.5) is 0 Å². The number of aryl methyl sites for hydroxylation is 1. The summed E-state index contributed by atoms with van der Waals surface area (Å²) < 4.78 is 23.7. The molecule has 1 aromatic heterocycles. The third-order valence-corrected chi connectivity index (χ3v) is 5.43. The molecule has 0 unspecified atom stereocenters. The number of nitrogens with zero attached hydrogens (tertiary/aromatic N) is 1. The van der Waals surface area contributed by atoms with Crippen molar-refractivity contribution in [1.82, 2.24) is 4.98 Å². The minimum Gasteiger partial charge on any atom is -0.248 e. The molecular weight excluding hydrogens is 346 g/mol. The Balaban J connectivity index is 2.25. The molecule has 1 heterocycles. The van der Waals surface area contributed by atoms with Crippen LogP contribution in [0.5, 0.6) is 0 Å². The molecule has 0 saturated carbocycles. The lowest BCUT2D eigenvalue weighted by Gasteiger charge is -2.05. The van der Waals surface area contributed by atoms with E-state index in [1.54, 1.807) is 30.5 Å². The highest BCUT2D eigenvalue weighted by Crippen LogP contribution is 2.32. The van der Waals surface area contributed by atoms with E-state index in [2.05, 4.69) is 20.9 Å². The monoisotopic (exact) mass is 357 g/mol. The zero-order valence-electron chi connectivity index (χ0n) is 10.4. The van der Waals surface area contributed by atoms with Gasteiger partial charge in [0, 0.05) is 17.3 Å². The number of aromatic nitrogens is 1. The van der Waals surface area contributed by atoms with Crippen molar-refractivity contribution in [3.63, 3.8) is 0 Å².